The van der Waals surface area contributed by atoms with E-state index in [0.29, 0.717) is 6.54 Å². The third-order valence-electron chi connectivity index (χ3n) is 4.67. The molecule has 4 heteroatoms. The molecule has 2 heterocycles. The van der Waals surface area contributed by atoms with Gasteiger partial charge in [-0.3, -0.25) is 4.79 Å². The van der Waals surface area contributed by atoms with Gasteiger partial charge in [0.25, 0.3) is 5.91 Å². The molecule has 2 rings (SSSR count). The minimum absolute atomic E-state index is 0.0874. The Labute approximate surface area is 116 Å². The van der Waals surface area contributed by atoms with Gasteiger partial charge >= 0.3 is 0 Å². The summed E-state index contributed by atoms with van der Waals surface area (Å²) >= 11 is 0. The Morgan fingerprint density at radius 2 is 2.05 bits per heavy atom. The van der Waals surface area contributed by atoms with Crippen LogP contribution in [0.5, 0.6) is 0 Å². The molecule has 19 heavy (non-hydrogen) atoms. The molecule has 0 aliphatic carbocycles. The monoisotopic (exact) mass is 268 g/mol. The number of hydrogen-bond acceptors (Lipinski definition) is 3. The van der Waals surface area contributed by atoms with Crippen molar-refractivity contribution in [2.24, 2.45) is 17.6 Å². The van der Waals surface area contributed by atoms with E-state index < -0.39 is 0 Å². The van der Waals surface area contributed by atoms with Crippen molar-refractivity contribution in [1.29, 1.82) is 0 Å². The summed E-state index contributed by atoms with van der Waals surface area (Å²) in [6, 6.07) is 0. The van der Waals surface area contributed by atoms with Crippen molar-refractivity contribution < 1.29 is 9.53 Å². The van der Waals surface area contributed by atoms with Gasteiger partial charge < -0.3 is 15.4 Å². The van der Waals surface area contributed by atoms with E-state index in [9.17, 15) is 4.79 Å². The highest BCUT2D eigenvalue weighted by atomic mass is 16.5. The van der Waals surface area contributed by atoms with Crippen LogP contribution in [0.2, 0.25) is 0 Å². The fourth-order valence-corrected chi connectivity index (χ4v) is 3.27. The van der Waals surface area contributed by atoms with E-state index in [1.807, 2.05) is 4.90 Å². The van der Waals surface area contributed by atoms with Gasteiger partial charge in [0.1, 0.15) is 6.10 Å². The summed E-state index contributed by atoms with van der Waals surface area (Å²) in [6.45, 7) is 6.89. The Morgan fingerprint density at radius 1 is 1.26 bits per heavy atom. The molecule has 2 fully saturated rings. The van der Waals surface area contributed by atoms with Crippen molar-refractivity contribution in [1.82, 2.24) is 4.90 Å². The number of nitrogens with two attached hydrogens (primary N) is 1. The summed E-state index contributed by atoms with van der Waals surface area (Å²) in [6.07, 6.45) is 5.13. The number of ether oxygens (including phenoxy) is 1. The fourth-order valence-electron chi connectivity index (χ4n) is 3.27. The molecule has 0 bridgehead atoms. The van der Waals surface area contributed by atoms with Crippen molar-refractivity contribution in [3.05, 3.63) is 0 Å². The van der Waals surface area contributed by atoms with Gasteiger partial charge in [0.15, 0.2) is 0 Å². The summed E-state index contributed by atoms with van der Waals surface area (Å²) in [5, 5.41) is 0. The number of nitrogens with zero attached hydrogens (tertiary/aromatic N) is 1. The van der Waals surface area contributed by atoms with Crippen LogP contribution in [0.25, 0.3) is 0 Å². The van der Waals surface area contributed by atoms with Crippen molar-refractivity contribution >= 4 is 5.91 Å². The topological polar surface area (TPSA) is 55.6 Å². The Kier molecular flexibility index (Phi) is 5.22. The maximum Gasteiger partial charge on any atom is 0.251 e. The first-order valence-corrected chi connectivity index (χ1v) is 7.76. The lowest BCUT2D eigenvalue weighted by atomic mass is 9.89. The SMILES string of the molecule is CC(C)C1CCCN(C(=O)C2CCC(CN)O2)CC1. The molecule has 2 saturated heterocycles. The van der Waals surface area contributed by atoms with E-state index in [1.54, 1.807) is 0 Å². The van der Waals surface area contributed by atoms with Crippen LogP contribution < -0.4 is 5.73 Å². The molecule has 0 saturated carbocycles. The average Bonchev–Trinajstić information content (AvgIpc) is 2.74. The first-order chi connectivity index (χ1) is 9.11. The minimum Gasteiger partial charge on any atom is -0.364 e. The van der Waals surface area contributed by atoms with E-state index in [2.05, 4.69) is 13.8 Å². The highest BCUT2D eigenvalue weighted by Crippen LogP contribution is 2.26. The summed E-state index contributed by atoms with van der Waals surface area (Å²) < 4.78 is 5.72. The van der Waals surface area contributed by atoms with Crippen LogP contribution in [0.1, 0.15) is 46.0 Å². The van der Waals surface area contributed by atoms with E-state index in [1.165, 1.54) is 6.42 Å². The van der Waals surface area contributed by atoms with E-state index >= 15 is 0 Å². The molecule has 0 aromatic heterocycles. The Bertz CT molecular complexity index is 307. The summed E-state index contributed by atoms with van der Waals surface area (Å²) in [4.78, 5) is 14.5. The predicted octanol–water partition coefficient (Wildman–Crippen LogP) is 1.78. The second kappa shape index (κ2) is 6.71. The van der Waals surface area contributed by atoms with Gasteiger partial charge in [0.05, 0.1) is 6.10 Å². The first kappa shape index (κ1) is 14.8. The molecular formula is C15H28N2O2. The van der Waals surface area contributed by atoms with Gasteiger partial charge in [-0.15, -0.1) is 0 Å². The third kappa shape index (κ3) is 3.69. The summed E-state index contributed by atoms with van der Waals surface area (Å²) in [7, 11) is 0. The summed E-state index contributed by atoms with van der Waals surface area (Å²) in [5.41, 5.74) is 5.60. The lowest BCUT2D eigenvalue weighted by molar-refractivity contribution is -0.142. The molecule has 3 atom stereocenters. The summed E-state index contributed by atoms with van der Waals surface area (Å²) in [5.74, 6) is 1.68. The molecule has 0 aromatic carbocycles. The average molecular weight is 268 g/mol. The second-order valence-electron chi connectivity index (χ2n) is 6.32. The molecule has 0 radical (unpaired) electrons. The van der Waals surface area contributed by atoms with Gasteiger partial charge in [-0.05, 0) is 43.9 Å². The van der Waals surface area contributed by atoms with Crippen LogP contribution in [0, 0.1) is 11.8 Å². The molecule has 4 nitrogen and oxygen atoms in total. The number of rotatable bonds is 3. The standard InChI is InChI=1S/C15H28N2O2/c1-11(2)12-4-3-8-17(9-7-12)15(18)14-6-5-13(10-16)19-14/h11-14H,3-10,16H2,1-2H3. The number of carbonyl (C=O) groups is 1. The first-order valence-electron chi connectivity index (χ1n) is 7.76. The van der Waals surface area contributed by atoms with E-state index in [-0.39, 0.29) is 18.1 Å². The van der Waals surface area contributed by atoms with Gasteiger partial charge in [-0.2, -0.15) is 0 Å². The Balaban J connectivity index is 1.86. The third-order valence-corrected chi connectivity index (χ3v) is 4.67. The van der Waals surface area contributed by atoms with Crippen LogP contribution in [0.4, 0.5) is 0 Å². The molecule has 2 aliphatic rings. The maximum atomic E-state index is 12.5. The lowest BCUT2D eigenvalue weighted by Crippen LogP contribution is -2.40. The van der Waals surface area contributed by atoms with Crippen LogP contribution >= 0.6 is 0 Å². The molecular weight excluding hydrogens is 240 g/mol. The Hall–Kier alpha value is -0.610. The van der Waals surface area contributed by atoms with Crippen LogP contribution in [0.3, 0.4) is 0 Å². The zero-order valence-corrected chi connectivity index (χ0v) is 12.3. The maximum absolute atomic E-state index is 12.5. The molecule has 0 spiro atoms. The van der Waals surface area contributed by atoms with Gasteiger partial charge in [0, 0.05) is 19.6 Å². The predicted molar refractivity (Wildman–Crippen MR) is 75.7 cm³/mol. The highest BCUT2D eigenvalue weighted by Gasteiger charge is 2.33. The largest absolute Gasteiger partial charge is 0.364 e. The van der Waals surface area contributed by atoms with Crippen molar-refractivity contribution in [3.63, 3.8) is 0 Å². The molecule has 3 unspecified atom stereocenters. The zero-order chi connectivity index (χ0) is 13.8. The molecule has 1 amide bonds. The highest BCUT2D eigenvalue weighted by molar-refractivity contribution is 5.81. The lowest BCUT2D eigenvalue weighted by Gasteiger charge is -2.24. The van der Waals surface area contributed by atoms with Crippen molar-refractivity contribution in [3.8, 4) is 0 Å². The van der Waals surface area contributed by atoms with Crippen molar-refractivity contribution in [2.45, 2.75) is 58.2 Å². The van der Waals surface area contributed by atoms with E-state index in [0.717, 1.165) is 50.6 Å². The molecule has 2 aliphatic heterocycles. The smallest absolute Gasteiger partial charge is 0.251 e. The molecule has 0 aromatic rings. The number of likely N-dealkylation sites (tertiary alicyclic amines) is 1. The molecule has 110 valence electrons. The van der Waals surface area contributed by atoms with Gasteiger partial charge in [-0.1, -0.05) is 13.8 Å². The van der Waals surface area contributed by atoms with Crippen LogP contribution in [0.15, 0.2) is 0 Å². The van der Waals surface area contributed by atoms with Gasteiger partial charge in [-0.25, -0.2) is 0 Å². The Morgan fingerprint density at radius 3 is 2.68 bits per heavy atom. The van der Waals surface area contributed by atoms with Gasteiger partial charge in [0.2, 0.25) is 0 Å². The van der Waals surface area contributed by atoms with Crippen LogP contribution in [-0.2, 0) is 9.53 Å². The van der Waals surface area contributed by atoms with Crippen LogP contribution in [-0.4, -0.2) is 42.6 Å². The van der Waals surface area contributed by atoms with E-state index in [4.69, 9.17) is 10.5 Å². The molecule has 2 N–H and O–H groups in total. The second-order valence-corrected chi connectivity index (χ2v) is 6.32. The normalized spacial score (nSPS) is 32.6. The van der Waals surface area contributed by atoms with Crippen molar-refractivity contribution in [2.75, 3.05) is 19.6 Å². The number of amides is 1. The fraction of sp³-hybridized carbons (Fsp3) is 0.933. The number of carbonyl (C=O) groups excluding carboxylic acids is 1. The quantitative estimate of drug-likeness (QED) is 0.849. The minimum atomic E-state index is -0.232. The number of hydrogen-bond donors (Lipinski definition) is 1. The zero-order valence-electron chi connectivity index (χ0n) is 12.3.